The Kier molecular flexibility index (Phi) is 4.65. The molecule has 122 valence electrons. The van der Waals surface area contributed by atoms with Crippen LogP contribution in [0.4, 0.5) is 0 Å². The Bertz CT molecular complexity index is 671. The number of sulfone groups is 1. The van der Waals surface area contributed by atoms with Gasteiger partial charge in [-0.15, -0.1) is 0 Å². The number of ether oxygens (including phenoxy) is 2. The van der Waals surface area contributed by atoms with E-state index >= 15 is 0 Å². The highest BCUT2D eigenvalue weighted by Gasteiger charge is 2.39. The molecule has 1 heterocycles. The second-order valence-electron chi connectivity index (χ2n) is 5.82. The van der Waals surface area contributed by atoms with Gasteiger partial charge in [0, 0.05) is 0 Å². The molecule has 0 saturated carbocycles. The summed E-state index contributed by atoms with van der Waals surface area (Å²) in [7, 11) is 0.0378. The van der Waals surface area contributed by atoms with E-state index in [1.54, 1.807) is 32.2 Å². The minimum absolute atomic E-state index is 0.00231. The maximum absolute atomic E-state index is 12.2. The lowest BCUT2D eigenvalue weighted by Gasteiger charge is -2.24. The van der Waals surface area contributed by atoms with Gasteiger partial charge in [-0.2, -0.15) is 0 Å². The number of amides is 1. The topological polar surface area (TPSA) is 81.7 Å². The number of hydrogen-bond donors (Lipinski definition) is 1. The van der Waals surface area contributed by atoms with Crippen LogP contribution in [0.2, 0.25) is 0 Å². The third kappa shape index (κ3) is 3.91. The zero-order valence-corrected chi connectivity index (χ0v) is 13.8. The molecule has 0 bridgehead atoms. The Morgan fingerprint density at radius 2 is 1.95 bits per heavy atom. The molecular formula is C15H21NO5S. The highest BCUT2D eigenvalue weighted by Crippen LogP contribution is 2.28. The molecule has 1 amide bonds. The van der Waals surface area contributed by atoms with Gasteiger partial charge >= 0.3 is 0 Å². The fourth-order valence-corrected chi connectivity index (χ4v) is 4.76. The lowest BCUT2D eigenvalue weighted by atomic mass is 10.0. The van der Waals surface area contributed by atoms with Crippen LogP contribution in [0.1, 0.15) is 18.9 Å². The minimum Gasteiger partial charge on any atom is -0.493 e. The van der Waals surface area contributed by atoms with Crippen LogP contribution >= 0.6 is 0 Å². The molecule has 1 aliphatic heterocycles. The molecule has 0 unspecified atom stereocenters. The van der Waals surface area contributed by atoms with E-state index in [9.17, 15) is 13.2 Å². The van der Waals surface area contributed by atoms with Crippen molar-refractivity contribution in [2.75, 3.05) is 25.7 Å². The van der Waals surface area contributed by atoms with Crippen LogP contribution in [0.5, 0.6) is 11.5 Å². The summed E-state index contributed by atoms with van der Waals surface area (Å²) in [6.45, 7) is 1.77. The molecule has 0 spiro atoms. The Labute approximate surface area is 130 Å². The summed E-state index contributed by atoms with van der Waals surface area (Å²) in [6.07, 6.45) is 0.614. The molecule has 1 aliphatic rings. The zero-order chi connectivity index (χ0) is 16.4. The van der Waals surface area contributed by atoms with E-state index in [0.29, 0.717) is 17.9 Å². The SMILES string of the molecule is COc1ccc(CC(=O)N[C@@]2(C)CCS(=O)(=O)C2)cc1OC. The number of hydrogen-bond acceptors (Lipinski definition) is 5. The third-order valence-electron chi connectivity index (χ3n) is 3.76. The van der Waals surface area contributed by atoms with Gasteiger partial charge in [-0.05, 0) is 31.0 Å². The molecule has 7 heteroatoms. The first-order valence-corrected chi connectivity index (χ1v) is 8.81. The van der Waals surface area contributed by atoms with E-state index in [1.807, 2.05) is 0 Å². The first-order chi connectivity index (χ1) is 10.3. The summed E-state index contributed by atoms with van der Waals surface area (Å²) >= 11 is 0. The second-order valence-corrected chi connectivity index (χ2v) is 8.00. The van der Waals surface area contributed by atoms with E-state index in [0.717, 1.165) is 5.56 Å². The monoisotopic (exact) mass is 327 g/mol. The smallest absolute Gasteiger partial charge is 0.224 e. The fraction of sp³-hybridized carbons (Fsp3) is 0.533. The standard InChI is InChI=1S/C15H21NO5S/c1-15(6-7-22(18,19)10-15)16-14(17)9-11-4-5-12(20-2)13(8-11)21-3/h4-5,8H,6-7,9-10H2,1-3H3,(H,16,17)/t15-/m0/s1. The Hall–Kier alpha value is -1.76. The van der Waals surface area contributed by atoms with Gasteiger partial charge < -0.3 is 14.8 Å². The summed E-state index contributed by atoms with van der Waals surface area (Å²) in [5, 5.41) is 2.84. The van der Waals surface area contributed by atoms with Gasteiger partial charge in [-0.25, -0.2) is 8.42 Å². The van der Waals surface area contributed by atoms with E-state index in [-0.39, 0.29) is 23.8 Å². The highest BCUT2D eigenvalue weighted by molar-refractivity contribution is 7.91. The van der Waals surface area contributed by atoms with Crippen LogP contribution in [-0.4, -0.2) is 45.6 Å². The average molecular weight is 327 g/mol. The van der Waals surface area contributed by atoms with Crippen LogP contribution in [0.15, 0.2) is 18.2 Å². The quantitative estimate of drug-likeness (QED) is 0.870. The van der Waals surface area contributed by atoms with Gasteiger partial charge in [0.15, 0.2) is 21.3 Å². The van der Waals surface area contributed by atoms with Gasteiger partial charge in [-0.1, -0.05) is 6.07 Å². The van der Waals surface area contributed by atoms with E-state index in [4.69, 9.17) is 9.47 Å². The molecule has 6 nitrogen and oxygen atoms in total. The molecule has 1 fully saturated rings. The molecule has 1 aromatic rings. The predicted octanol–water partition coefficient (Wildman–Crippen LogP) is 0.940. The molecule has 0 radical (unpaired) electrons. The number of rotatable bonds is 5. The Morgan fingerprint density at radius 3 is 2.50 bits per heavy atom. The lowest BCUT2D eigenvalue weighted by Crippen LogP contribution is -2.47. The molecule has 1 aromatic carbocycles. The predicted molar refractivity (Wildman–Crippen MR) is 83.1 cm³/mol. The molecular weight excluding hydrogens is 306 g/mol. The van der Waals surface area contributed by atoms with Crippen molar-refractivity contribution >= 4 is 15.7 Å². The largest absolute Gasteiger partial charge is 0.493 e. The first kappa shape index (κ1) is 16.6. The van der Waals surface area contributed by atoms with Crippen molar-refractivity contribution in [1.29, 1.82) is 0 Å². The van der Waals surface area contributed by atoms with Crippen LogP contribution < -0.4 is 14.8 Å². The summed E-state index contributed by atoms with van der Waals surface area (Å²) in [4.78, 5) is 12.2. The van der Waals surface area contributed by atoms with E-state index < -0.39 is 15.4 Å². The number of carbonyl (C=O) groups is 1. The number of nitrogens with one attached hydrogen (secondary N) is 1. The molecule has 2 rings (SSSR count). The first-order valence-electron chi connectivity index (χ1n) is 6.99. The molecule has 0 aliphatic carbocycles. The lowest BCUT2D eigenvalue weighted by molar-refractivity contribution is -0.121. The normalized spacial score (nSPS) is 23.0. The van der Waals surface area contributed by atoms with Crippen molar-refractivity contribution in [1.82, 2.24) is 5.32 Å². The third-order valence-corrected chi connectivity index (χ3v) is 5.66. The second kappa shape index (κ2) is 6.16. The number of carbonyl (C=O) groups excluding carboxylic acids is 1. The molecule has 22 heavy (non-hydrogen) atoms. The average Bonchev–Trinajstić information content (AvgIpc) is 2.71. The van der Waals surface area contributed by atoms with Gasteiger partial charge in [0.05, 0.1) is 37.7 Å². The van der Waals surface area contributed by atoms with Crippen LogP contribution in [-0.2, 0) is 21.1 Å². The number of methoxy groups -OCH3 is 2. The molecule has 1 saturated heterocycles. The van der Waals surface area contributed by atoms with Crippen LogP contribution in [0, 0.1) is 0 Å². The van der Waals surface area contributed by atoms with Gasteiger partial charge in [-0.3, -0.25) is 4.79 Å². The molecule has 1 N–H and O–H groups in total. The maximum atomic E-state index is 12.2. The van der Waals surface area contributed by atoms with Crippen molar-refractivity contribution in [2.24, 2.45) is 0 Å². The Balaban J connectivity index is 2.04. The summed E-state index contributed by atoms with van der Waals surface area (Å²) in [5.41, 5.74) is 0.103. The minimum atomic E-state index is -3.04. The summed E-state index contributed by atoms with van der Waals surface area (Å²) < 4.78 is 33.5. The van der Waals surface area contributed by atoms with Crippen molar-refractivity contribution in [2.45, 2.75) is 25.3 Å². The maximum Gasteiger partial charge on any atom is 0.224 e. The molecule has 1 atom stereocenters. The van der Waals surface area contributed by atoms with Gasteiger partial charge in [0.25, 0.3) is 0 Å². The van der Waals surface area contributed by atoms with Crippen molar-refractivity contribution in [3.63, 3.8) is 0 Å². The van der Waals surface area contributed by atoms with Crippen molar-refractivity contribution in [3.8, 4) is 11.5 Å². The number of benzene rings is 1. The molecule has 0 aromatic heterocycles. The van der Waals surface area contributed by atoms with Crippen molar-refractivity contribution in [3.05, 3.63) is 23.8 Å². The Morgan fingerprint density at radius 1 is 1.27 bits per heavy atom. The zero-order valence-electron chi connectivity index (χ0n) is 13.0. The van der Waals surface area contributed by atoms with Gasteiger partial charge in [0.2, 0.25) is 5.91 Å². The summed E-state index contributed by atoms with van der Waals surface area (Å²) in [5.74, 6) is 1.08. The highest BCUT2D eigenvalue weighted by atomic mass is 32.2. The van der Waals surface area contributed by atoms with Crippen LogP contribution in [0.25, 0.3) is 0 Å². The van der Waals surface area contributed by atoms with Gasteiger partial charge in [0.1, 0.15) is 0 Å². The fourth-order valence-electron chi connectivity index (χ4n) is 2.67. The van der Waals surface area contributed by atoms with E-state index in [2.05, 4.69) is 5.32 Å². The van der Waals surface area contributed by atoms with Crippen molar-refractivity contribution < 1.29 is 22.7 Å². The summed E-state index contributed by atoms with van der Waals surface area (Å²) in [6, 6.07) is 5.27. The van der Waals surface area contributed by atoms with Crippen LogP contribution in [0.3, 0.4) is 0 Å². The van der Waals surface area contributed by atoms with E-state index in [1.165, 1.54) is 7.11 Å².